The molecule has 0 radical (unpaired) electrons. The van der Waals surface area contributed by atoms with Crippen molar-refractivity contribution in [1.29, 1.82) is 0 Å². The number of aromatic nitrogens is 2. The van der Waals surface area contributed by atoms with Crippen molar-refractivity contribution in [3.63, 3.8) is 0 Å². The predicted molar refractivity (Wildman–Crippen MR) is 95.6 cm³/mol. The fourth-order valence-corrected chi connectivity index (χ4v) is 5.52. The third-order valence-corrected chi connectivity index (χ3v) is 7.63. The smallest absolute Gasteiger partial charge is 0.208 e. The molecule has 1 heterocycles. The molecule has 0 aliphatic heterocycles. The van der Waals surface area contributed by atoms with Gasteiger partial charge in [0.25, 0.3) is 0 Å². The first-order chi connectivity index (χ1) is 12.9. The van der Waals surface area contributed by atoms with Gasteiger partial charge >= 0.3 is 0 Å². The molecule has 0 aliphatic carbocycles. The van der Waals surface area contributed by atoms with Crippen LogP contribution in [0.3, 0.4) is 0 Å². The Bertz CT molecular complexity index is 1230. The molecule has 0 bridgehead atoms. The highest BCUT2D eigenvalue weighted by Crippen LogP contribution is 2.32. The minimum atomic E-state index is -3.92. The van der Waals surface area contributed by atoms with Gasteiger partial charge in [0.2, 0.25) is 19.7 Å². The van der Waals surface area contributed by atoms with Gasteiger partial charge in [-0.25, -0.2) is 21.5 Å². The highest BCUT2D eigenvalue weighted by atomic mass is 32.2. The van der Waals surface area contributed by atoms with Gasteiger partial charge in [-0.3, -0.25) is 0 Å². The average molecular weight is 400 g/mol. The van der Waals surface area contributed by atoms with E-state index in [1.54, 1.807) is 36.4 Å². The largest absolute Gasteiger partial charge is 0.243 e. The minimum absolute atomic E-state index is 0.0629. The second-order valence-electron chi connectivity index (χ2n) is 5.66. The van der Waals surface area contributed by atoms with E-state index in [1.165, 1.54) is 36.4 Å². The lowest BCUT2D eigenvalue weighted by Gasteiger charge is -2.08. The normalized spacial score (nSPS) is 12.3. The van der Waals surface area contributed by atoms with Gasteiger partial charge in [-0.1, -0.05) is 36.4 Å². The first-order valence-electron chi connectivity index (χ1n) is 7.78. The summed E-state index contributed by atoms with van der Waals surface area (Å²) in [5.41, 5.74) is -0.258. The van der Waals surface area contributed by atoms with Crippen LogP contribution in [-0.2, 0) is 19.7 Å². The van der Waals surface area contributed by atoms with E-state index < -0.39 is 19.7 Å². The molecule has 0 unspecified atom stereocenters. The van der Waals surface area contributed by atoms with Crippen LogP contribution >= 0.6 is 0 Å². The van der Waals surface area contributed by atoms with Crippen LogP contribution in [0.5, 0.6) is 0 Å². The van der Waals surface area contributed by atoms with Crippen molar-refractivity contribution in [2.75, 3.05) is 0 Å². The summed E-state index contributed by atoms with van der Waals surface area (Å²) < 4.78 is 56.4. The van der Waals surface area contributed by atoms with Crippen LogP contribution in [0.25, 0.3) is 11.0 Å². The van der Waals surface area contributed by atoms with Gasteiger partial charge in [0.05, 0.1) is 9.79 Å². The summed E-state index contributed by atoms with van der Waals surface area (Å²) in [4.78, 5) is -0.213. The van der Waals surface area contributed by atoms with Crippen LogP contribution in [0.4, 0.5) is 0 Å². The molecule has 0 spiro atoms. The van der Waals surface area contributed by atoms with Gasteiger partial charge in [0.1, 0.15) is 9.79 Å². The minimum Gasteiger partial charge on any atom is -0.243 e. The Hall–Kier alpha value is -3.04. The molecule has 0 N–H and O–H groups in total. The molecule has 1 aromatic heterocycles. The molecule has 7 nitrogen and oxygen atoms in total. The fourth-order valence-electron chi connectivity index (χ4n) is 2.71. The Balaban J connectivity index is 1.95. The Morgan fingerprint density at radius 1 is 0.556 bits per heavy atom. The molecule has 0 aliphatic rings. The van der Waals surface area contributed by atoms with E-state index in [-0.39, 0.29) is 30.6 Å². The van der Waals surface area contributed by atoms with Crippen LogP contribution in [0, 0.1) is 0 Å². The zero-order valence-corrected chi connectivity index (χ0v) is 15.3. The average Bonchev–Trinajstić information content (AvgIpc) is 3.18. The fraction of sp³-hybridized carbons (Fsp3) is 0. The molecule has 136 valence electrons. The summed E-state index contributed by atoms with van der Waals surface area (Å²) in [6, 6.07) is 18.0. The van der Waals surface area contributed by atoms with E-state index in [9.17, 15) is 16.8 Å². The summed E-state index contributed by atoms with van der Waals surface area (Å²) in [7, 11) is -7.84. The second-order valence-corrected chi connectivity index (χ2v) is 9.49. The number of hydrogen-bond acceptors (Lipinski definition) is 7. The number of rotatable bonds is 4. The summed E-state index contributed by atoms with van der Waals surface area (Å²) in [5.74, 6) is 0. The second kappa shape index (κ2) is 6.29. The summed E-state index contributed by atoms with van der Waals surface area (Å²) >= 11 is 0. The lowest BCUT2D eigenvalue weighted by molar-refractivity contribution is 0.314. The molecule has 0 saturated heterocycles. The molecule has 0 fully saturated rings. The zero-order chi connectivity index (χ0) is 19.1. The third-order valence-electron chi connectivity index (χ3n) is 4.03. The molecule has 27 heavy (non-hydrogen) atoms. The molecule has 0 amide bonds. The number of benzene rings is 3. The van der Waals surface area contributed by atoms with Gasteiger partial charge in [-0.15, -0.1) is 0 Å². The number of sulfone groups is 2. The maximum Gasteiger partial charge on any atom is 0.208 e. The topological polar surface area (TPSA) is 107 Å². The van der Waals surface area contributed by atoms with Crippen molar-refractivity contribution >= 4 is 30.7 Å². The van der Waals surface area contributed by atoms with E-state index in [0.717, 1.165) is 0 Å². The van der Waals surface area contributed by atoms with Crippen LogP contribution in [-0.4, -0.2) is 27.1 Å². The number of fused-ring (bicyclic) bond motifs is 1. The highest BCUT2D eigenvalue weighted by molar-refractivity contribution is 7.92. The van der Waals surface area contributed by atoms with E-state index >= 15 is 0 Å². The van der Waals surface area contributed by atoms with Crippen molar-refractivity contribution in [3.8, 4) is 0 Å². The first-order valence-corrected chi connectivity index (χ1v) is 10.7. The summed E-state index contributed by atoms with van der Waals surface area (Å²) in [5, 5.41) is 7.30. The Morgan fingerprint density at radius 2 is 0.926 bits per heavy atom. The first kappa shape index (κ1) is 17.4. The number of nitrogens with zero attached hydrogens (tertiary/aromatic N) is 2. The standard InChI is InChI=1S/C18H12N2O5S2/c21-26(22,13-7-3-1-4-8-13)15-11-12-16(18-17(15)19-25-20-18)27(23,24)14-9-5-2-6-10-14/h1-12H. The van der Waals surface area contributed by atoms with Crippen molar-refractivity contribution < 1.29 is 21.5 Å². The lowest BCUT2D eigenvalue weighted by Crippen LogP contribution is -2.06. The predicted octanol–water partition coefficient (Wildman–Crippen LogP) is 2.89. The van der Waals surface area contributed by atoms with Crippen LogP contribution in [0.1, 0.15) is 0 Å². The van der Waals surface area contributed by atoms with E-state index in [2.05, 4.69) is 14.9 Å². The van der Waals surface area contributed by atoms with Crippen molar-refractivity contribution in [3.05, 3.63) is 72.8 Å². The highest BCUT2D eigenvalue weighted by Gasteiger charge is 2.29. The Kier molecular flexibility index (Phi) is 4.05. The van der Waals surface area contributed by atoms with Crippen molar-refractivity contribution in [2.45, 2.75) is 19.6 Å². The molecule has 3 aromatic carbocycles. The maximum atomic E-state index is 12.9. The molecular formula is C18H12N2O5S2. The summed E-state index contributed by atoms with van der Waals surface area (Å²) in [6.07, 6.45) is 0. The molecule has 0 saturated carbocycles. The lowest BCUT2D eigenvalue weighted by atomic mass is 10.3. The zero-order valence-electron chi connectivity index (χ0n) is 13.7. The van der Waals surface area contributed by atoms with Crippen LogP contribution in [0.15, 0.2) is 97.0 Å². The SMILES string of the molecule is O=S(=O)(c1ccccc1)c1ccc(S(=O)(=O)c2ccccc2)c2nonc12. The van der Waals surface area contributed by atoms with E-state index in [4.69, 9.17) is 0 Å². The third kappa shape index (κ3) is 2.81. The van der Waals surface area contributed by atoms with E-state index in [1.807, 2.05) is 0 Å². The van der Waals surface area contributed by atoms with Gasteiger partial charge in [-0.05, 0) is 46.7 Å². The van der Waals surface area contributed by atoms with Gasteiger partial charge in [-0.2, -0.15) is 0 Å². The quantitative estimate of drug-likeness (QED) is 0.518. The number of hydrogen-bond donors (Lipinski definition) is 0. The molecular weight excluding hydrogens is 388 g/mol. The van der Waals surface area contributed by atoms with Crippen LogP contribution < -0.4 is 0 Å². The van der Waals surface area contributed by atoms with Gasteiger partial charge in [0, 0.05) is 0 Å². The molecule has 4 aromatic rings. The summed E-state index contributed by atoms with van der Waals surface area (Å²) in [6.45, 7) is 0. The van der Waals surface area contributed by atoms with Crippen LogP contribution in [0.2, 0.25) is 0 Å². The van der Waals surface area contributed by atoms with Gasteiger partial charge in [0.15, 0.2) is 11.0 Å². The Morgan fingerprint density at radius 3 is 1.30 bits per heavy atom. The van der Waals surface area contributed by atoms with Gasteiger partial charge < -0.3 is 0 Å². The monoisotopic (exact) mass is 400 g/mol. The Labute approximate surface area is 155 Å². The van der Waals surface area contributed by atoms with Crippen molar-refractivity contribution in [2.24, 2.45) is 0 Å². The maximum absolute atomic E-state index is 12.9. The molecule has 0 atom stereocenters. The van der Waals surface area contributed by atoms with E-state index in [0.29, 0.717) is 0 Å². The molecule has 9 heteroatoms. The van der Waals surface area contributed by atoms with Crippen molar-refractivity contribution in [1.82, 2.24) is 10.3 Å². The molecule has 4 rings (SSSR count).